The van der Waals surface area contributed by atoms with Crippen molar-refractivity contribution in [2.75, 3.05) is 0 Å². The Labute approximate surface area is 184 Å². The zero-order valence-electron chi connectivity index (χ0n) is 17.4. The molecular weight excluding hydrogens is 406 g/mol. The van der Waals surface area contributed by atoms with E-state index in [4.69, 9.17) is 4.74 Å². The summed E-state index contributed by atoms with van der Waals surface area (Å²) >= 11 is 0. The van der Waals surface area contributed by atoms with Gasteiger partial charge in [0.2, 0.25) is 5.91 Å². The molecule has 1 aromatic heterocycles. The molecule has 0 aliphatic rings. The highest BCUT2D eigenvalue weighted by molar-refractivity contribution is 5.78. The van der Waals surface area contributed by atoms with E-state index in [9.17, 15) is 14.4 Å². The molecule has 7 heteroatoms. The zero-order chi connectivity index (χ0) is 22.3. The number of nitrogens with zero attached hydrogens (tertiary/aromatic N) is 1. The first-order valence-corrected chi connectivity index (χ1v) is 10.3. The normalized spacial score (nSPS) is 10.8. The standard InChI is InChI=1S/C25H23N3O4/c29-23(14-15-28-21-12-6-5-11-20(21)24(30)27-25(28)31)26-16-19-10-4-7-13-22(19)32-17-18-8-2-1-3-9-18/h1-13H,14-17H2,(H,26,29)(H,27,30,31). The SMILES string of the molecule is O=C(CCn1c(=O)[nH]c(=O)c2ccccc21)NCc1ccccc1OCc1ccccc1. The van der Waals surface area contributed by atoms with Crippen molar-refractivity contribution in [3.8, 4) is 5.75 Å². The molecule has 3 aromatic carbocycles. The summed E-state index contributed by atoms with van der Waals surface area (Å²) in [5.41, 5.74) is 1.47. The molecule has 32 heavy (non-hydrogen) atoms. The molecule has 0 unspecified atom stereocenters. The quantitative estimate of drug-likeness (QED) is 0.450. The predicted molar refractivity (Wildman–Crippen MR) is 123 cm³/mol. The minimum absolute atomic E-state index is 0.100. The lowest BCUT2D eigenvalue weighted by molar-refractivity contribution is -0.121. The van der Waals surface area contributed by atoms with Gasteiger partial charge in [-0.3, -0.25) is 19.1 Å². The number of amides is 1. The molecule has 0 fully saturated rings. The van der Waals surface area contributed by atoms with Crippen LogP contribution in [-0.4, -0.2) is 15.5 Å². The molecule has 162 valence electrons. The first-order valence-electron chi connectivity index (χ1n) is 10.3. The third-order valence-electron chi connectivity index (χ3n) is 5.15. The van der Waals surface area contributed by atoms with Crippen molar-refractivity contribution < 1.29 is 9.53 Å². The van der Waals surface area contributed by atoms with Crippen LogP contribution in [0, 0.1) is 0 Å². The first kappa shape index (κ1) is 21.1. The van der Waals surface area contributed by atoms with Gasteiger partial charge in [0.05, 0.1) is 10.9 Å². The van der Waals surface area contributed by atoms with Gasteiger partial charge in [0.25, 0.3) is 5.56 Å². The van der Waals surface area contributed by atoms with Crippen molar-refractivity contribution in [2.45, 2.75) is 26.1 Å². The zero-order valence-corrected chi connectivity index (χ0v) is 17.4. The van der Waals surface area contributed by atoms with Crippen molar-refractivity contribution in [2.24, 2.45) is 0 Å². The molecule has 0 atom stereocenters. The average molecular weight is 429 g/mol. The van der Waals surface area contributed by atoms with E-state index in [1.807, 2.05) is 54.6 Å². The van der Waals surface area contributed by atoms with E-state index < -0.39 is 11.2 Å². The molecule has 0 radical (unpaired) electrons. The fraction of sp³-hybridized carbons (Fsp3) is 0.160. The lowest BCUT2D eigenvalue weighted by atomic mass is 10.2. The molecular formula is C25H23N3O4. The van der Waals surface area contributed by atoms with Gasteiger partial charge >= 0.3 is 5.69 Å². The number of aryl methyl sites for hydroxylation is 1. The molecule has 1 amide bonds. The number of carbonyl (C=O) groups excluding carboxylic acids is 1. The molecule has 0 saturated carbocycles. The largest absolute Gasteiger partial charge is 0.489 e. The molecule has 7 nitrogen and oxygen atoms in total. The van der Waals surface area contributed by atoms with E-state index in [0.29, 0.717) is 29.8 Å². The van der Waals surface area contributed by atoms with E-state index in [2.05, 4.69) is 10.3 Å². The Morgan fingerprint density at radius 1 is 0.906 bits per heavy atom. The maximum absolute atomic E-state index is 12.5. The number of rotatable bonds is 8. The van der Waals surface area contributed by atoms with Crippen molar-refractivity contribution in [3.05, 3.63) is 111 Å². The minimum Gasteiger partial charge on any atom is -0.489 e. The van der Waals surface area contributed by atoms with Gasteiger partial charge in [-0.2, -0.15) is 0 Å². The van der Waals surface area contributed by atoms with Gasteiger partial charge in [0.15, 0.2) is 0 Å². The molecule has 0 spiro atoms. The first-order chi connectivity index (χ1) is 15.6. The summed E-state index contributed by atoms with van der Waals surface area (Å²) in [4.78, 5) is 39.0. The van der Waals surface area contributed by atoms with Gasteiger partial charge in [-0.25, -0.2) is 4.79 Å². The van der Waals surface area contributed by atoms with Gasteiger partial charge in [0.1, 0.15) is 12.4 Å². The number of aromatic amines is 1. The van der Waals surface area contributed by atoms with Crippen molar-refractivity contribution in [1.29, 1.82) is 0 Å². The van der Waals surface area contributed by atoms with Gasteiger partial charge in [-0.1, -0.05) is 60.7 Å². The highest BCUT2D eigenvalue weighted by Gasteiger charge is 2.10. The second-order valence-electron chi connectivity index (χ2n) is 7.34. The Morgan fingerprint density at radius 2 is 1.62 bits per heavy atom. The van der Waals surface area contributed by atoms with Crippen LogP contribution >= 0.6 is 0 Å². The Hall–Kier alpha value is -4.13. The van der Waals surface area contributed by atoms with Crippen LogP contribution in [0.15, 0.2) is 88.5 Å². The number of hydrogen-bond donors (Lipinski definition) is 2. The molecule has 0 aliphatic carbocycles. The summed E-state index contributed by atoms with van der Waals surface area (Å²) in [5, 5.41) is 3.29. The second kappa shape index (κ2) is 9.78. The van der Waals surface area contributed by atoms with Crippen LogP contribution in [-0.2, 0) is 24.5 Å². The van der Waals surface area contributed by atoms with Crippen LogP contribution in [0.25, 0.3) is 10.9 Å². The average Bonchev–Trinajstić information content (AvgIpc) is 2.82. The molecule has 2 N–H and O–H groups in total. The number of H-pyrrole nitrogens is 1. The van der Waals surface area contributed by atoms with Gasteiger partial charge in [0, 0.05) is 25.1 Å². The lowest BCUT2D eigenvalue weighted by Gasteiger charge is -2.13. The van der Waals surface area contributed by atoms with Crippen LogP contribution in [0.1, 0.15) is 17.5 Å². The monoisotopic (exact) mass is 429 g/mol. The van der Waals surface area contributed by atoms with Crippen molar-refractivity contribution in [1.82, 2.24) is 14.9 Å². The molecule has 0 bridgehead atoms. The third kappa shape index (κ3) is 4.95. The fourth-order valence-corrected chi connectivity index (χ4v) is 3.49. The third-order valence-corrected chi connectivity index (χ3v) is 5.15. The van der Waals surface area contributed by atoms with Gasteiger partial charge < -0.3 is 10.1 Å². The van der Waals surface area contributed by atoms with E-state index in [1.165, 1.54) is 4.57 Å². The van der Waals surface area contributed by atoms with Crippen LogP contribution in [0.5, 0.6) is 5.75 Å². The Morgan fingerprint density at radius 3 is 2.47 bits per heavy atom. The maximum Gasteiger partial charge on any atom is 0.328 e. The van der Waals surface area contributed by atoms with Gasteiger partial charge in [-0.15, -0.1) is 0 Å². The van der Waals surface area contributed by atoms with Crippen molar-refractivity contribution in [3.63, 3.8) is 0 Å². The number of aromatic nitrogens is 2. The van der Waals surface area contributed by atoms with E-state index >= 15 is 0 Å². The summed E-state index contributed by atoms with van der Waals surface area (Å²) in [6.45, 7) is 0.910. The number of carbonyl (C=O) groups is 1. The number of nitrogens with one attached hydrogen (secondary N) is 2. The van der Waals surface area contributed by atoms with Crippen molar-refractivity contribution >= 4 is 16.8 Å². The van der Waals surface area contributed by atoms with Crippen LogP contribution < -0.4 is 21.3 Å². The number of benzene rings is 3. The molecule has 0 saturated heterocycles. The van der Waals surface area contributed by atoms with E-state index in [-0.39, 0.29) is 18.9 Å². The van der Waals surface area contributed by atoms with E-state index in [0.717, 1.165) is 11.1 Å². The molecule has 0 aliphatic heterocycles. The topological polar surface area (TPSA) is 93.2 Å². The van der Waals surface area contributed by atoms with Crippen LogP contribution in [0.4, 0.5) is 0 Å². The molecule has 4 rings (SSSR count). The summed E-state index contributed by atoms with van der Waals surface area (Å²) in [5.74, 6) is 0.504. The van der Waals surface area contributed by atoms with Crippen LogP contribution in [0.2, 0.25) is 0 Å². The van der Waals surface area contributed by atoms with Crippen LogP contribution in [0.3, 0.4) is 0 Å². The van der Waals surface area contributed by atoms with Gasteiger partial charge in [-0.05, 0) is 23.8 Å². The summed E-state index contributed by atoms with van der Waals surface area (Å²) < 4.78 is 7.34. The fourth-order valence-electron chi connectivity index (χ4n) is 3.49. The Balaban J connectivity index is 1.38. The Bertz CT molecular complexity index is 1340. The number of ether oxygens (including phenoxy) is 1. The number of fused-ring (bicyclic) bond motifs is 1. The highest BCUT2D eigenvalue weighted by Crippen LogP contribution is 2.19. The molecule has 1 heterocycles. The number of para-hydroxylation sites is 2. The lowest BCUT2D eigenvalue weighted by Crippen LogP contribution is -2.32. The molecule has 4 aromatic rings. The Kier molecular flexibility index (Phi) is 6.46. The smallest absolute Gasteiger partial charge is 0.328 e. The number of hydrogen-bond acceptors (Lipinski definition) is 4. The van der Waals surface area contributed by atoms with E-state index in [1.54, 1.807) is 24.3 Å². The maximum atomic E-state index is 12.5. The highest BCUT2D eigenvalue weighted by atomic mass is 16.5. The summed E-state index contributed by atoms with van der Waals surface area (Å²) in [6, 6.07) is 24.3. The minimum atomic E-state index is -0.527. The predicted octanol–water partition coefficient (Wildman–Crippen LogP) is 2.98. The summed E-state index contributed by atoms with van der Waals surface area (Å²) in [7, 11) is 0. The summed E-state index contributed by atoms with van der Waals surface area (Å²) in [6.07, 6.45) is 0.100. The second-order valence-corrected chi connectivity index (χ2v) is 7.34.